The number of carbonyl (C=O) groups excluding carboxylic acids is 2. The lowest BCUT2D eigenvalue weighted by molar-refractivity contribution is -0.140. The zero-order chi connectivity index (χ0) is 31.9. The molecule has 7 nitrogen and oxygen atoms in total. The van der Waals surface area contributed by atoms with Crippen molar-refractivity contribution in [1.29, 1.82) is 0 Å². The summed E-state index contributed by atoms with van der Waals surface area (Å²) in [6, 6.07) is 26.3. The van der Waals surface area contributed by atoms with E-state index < -0.39 is 40.2 Å². The second-order valence-electron chi connectivity index (χ2n) is 10.7. The number of anilines is 1. The van der Waals surface area contributed by atoms with Crippen molar-refractivity contribution in [3.63, 3.8) is 0 Å². The van der Waals surface area contributed by atoms with Crippen LogP contribution in [0.4, 0.5) is 10.1 Å². The van der Waals surface area contributed by atoms with Crippen molar-refractivity contribution in [3.8, 4) is 0 Å². The number of amides is 2. The van der Waals surface area contributed by atoms with E-state index in [0.717, 1.165) is 15.4 Å². The number of hydrogen-bond donors (Lipinski definition) is 1. The second-order valence-corrected chi connectivity index (χ2v) is 13.0. The lowest BCUT2D eigenvalue weighted by Crippen LogP contribution is -2.54. The van der Waals surface area contributed by atoms with Crippen LogP contribution in [0.1, 0.15) is 30.5 Å². The van der Waals surface area contributed by atoms with Gasteiger partial charge in [-0.3, -0.25) is 13.9 Å². The van der Waals surface area contributed by atoms with Crippen molar-refractivity contribution in [2.45, 2.75) is 50.7 Å². The molecule has 0 heterocycles. The molecule has 0 unspecified atom stereocenters. The van der Waals surface area contributed by atoms with Crippen LogP contribution in [0.5, 0.6) is 0 Å². The summed E-state index contributed by atoms with van der Waals surface area (Å²) in [5.41, 5.74) is 1.87. The number of rotatable bonds is 12. The van der Waals surface area contributed by atoms with Crippen molar-refractivity contribution in [2.75, 3.05) is 10.8 Å². The van der Waals surface area contributed by atoms with E-state index in [0.29, 0.717) is 5.02 Å². The molecule has 0 saturated heterocycles. The standard InChI is InChI=1S/C34H35ClFN3O4S/c1-24(2)37-34(41)32(20-26-12-6-4-7-13-26)38(22-27-14-10-11-17-31(27)36)33(40)23-39(28-19-18-25(3)30(35)21-28)44(42,43)29-15-8-5-9-16-29/h4-19,21,24,32H,20,22-23H2,1-3H3,(H,37,41)/t32-/m1/s1. The van der Waals surface area contributed by atoms with E-state index in [2.05, 4.69) is 5.32 Å². The fourth-order valence-corrected chi connectivity index (χ4v) is 6.33. The summed E-state index contributed by atoms with van der Waals surface area (Å²) in [5, 5.41) is 3.20. The molecular formula is C34H35ClFN3O4S. The van der Waals surface area contributed by atoms with Crippen LogP contribution in [0.15, 0.2) is 108 Å². The van der Waals surface area contributed by atoms with Gasteiger partial charge in [0.25, 0.3) is 10.0 Å². The molecule has 0 fully saturated rings. The summed E-state index contributed by atoms with van der Waals surface area (Å²) >= 11 is 6.40. The number of nitrogens with zero attached hydrogens (tertiary/aromatic N) is 2. The van der Waals surface area contributed by atoms with Crippen LogP contribution in [-0.2, 0) is 32.6 Å². The van der Waals surface area contributed by atoms with Gasteiger partial charge in [0, 0.05) is 29.6 Å². The number of nitrogens with one attached hydrogen (secondary N) is 1. The maximum absolute atomic E-state index is 15.0. The van der Waals surface area contributed by atoms with E-state index >= 15 is 0 Å². The molecular weight excluding hydrogens is 601 g/mol. The van der Waals surface area contributed by atoms with Crippen molar-refractivity contribution in [3.05, 3.63) is 131 Å². The number of carbonyl (C=O) groups is 2. The minimum atomic E-state index is -4.26. The highest BCUT2D eigenvalue weighted by molar-refractivity contribution is 7.92. The Morgan fingerprint density at radius 1 is 0.886 bits per heavy atom. The molecule has 0 aliphatic carbocycles. The Kier molecular flexibility index (Phi) is 10.8. The summed E-state index contributed by atoms with van der Waals surface area (Å²) in [5.74, 6) is -1.68. The predicted octanol–water partition coefficient (Wildman–Crippen LogP) is 6.15. The number of halogens is 2. The van der Waals surface area contributed by atoms with Crippen molar-refractivity contribution in [1.82, 2.24) is 10.2 Å². The highest BCUT2D eigenvalue weighted by atomic mass is 35.5. The van der Waals surface area contributed by atoms with E-state index in [1.54, 1.807) is 57.2 Å². The molecule has 0 bridgehead atoms. The molecule has 4 aromatic carbocycles. The molecule has 1 atom stereocenters. The summed E-state index contributed by atoms with van der Waals surface area (Å²) in [6.07, 6.45) is 0.126. The van der Waals surface area contributed by atoms with Gasteiger partial charge in [0.2, 0.25) is 11.8 Å². The van der Waals surface area contributed by atoms with Crippen molar-refractivity contribution >= 4 is 39.1 Å². The Labute approximate surface area is 263 Å². The quantitative estimate of drug-likeness (QED) is 0.202. The van der Waals surface area contributed by atoms with Gasteiger partial charge in [-0.05, 0) is 62.2 Å². The Bertz CT molecular complexity index is 1700. The van der Waals surface area contributed by atoms with Gasteiger partial charge in [0.1, 0.15) is 18.4 Å². The zero-order valence-corrected chi connectivity index (χ0v) is 26.4. The minimum Gasteiger partial charge on any atom is -0.352 e. The molecule has 0 spiro atoms. The van der Waals surface area contributed by atoms with Crippen LogP contribution in [0.3, 0.4) is 0 Å². The molecule has 4 rings (SSSR count). The number of aryl methyl sites for hydroxylation is 1. The first kappa shape index (κ1) is 32.7. The number of benzene rings is 4. The first-order chi connectivity index (χ1) is 21.0. The molecule has 0 aliphatic rings. The third-order valence-electron chi connectivity index (χ3n) is 7.05. The number of sulfonamides is 1. The highest BCUT2D eigenvalue weighted by Gasteiger charge is 2.35. The minimum absolute atomic E-state index is 0.0245. The van der Waals surface area contributed by atoms with Crippen LogP contribution in [0, 0.1) is 12.7 Å². The third-order valence-corrected chi connectivity index (χ3v) is 9.25. The molecule has 2 amide bonds. The SMILES string of the molecule is Cc1ccc(N(CC(=O)N(Cc2ccccc2F)[C@H](Cc2ccccc2)C(=O)NC(C)C)S(=O)(=O)c2ccccc2)cc1Cl. The first-order valence-electron chi connectivity index (χ1n) is 14.2. The van der Waals surface area contributed by atoms with Gasteiger partial charge in [-0.1, -0.05) is 84.4 Å². The Morgan fingerprint density at radius 2 is 1.50 bits per heavy atom. The third kappa shape index (κ3) is 8.03. The molecule has 44 heavy (non-hydrogen) atoms. The van der Waals surface area contributed by atoms with Crippen LogP contribution < -0.4 is 9.62 Å². The van der Waals surface area contributed by atoms with Gasteiger partial charge in [0.05, 0.1) is 10.6 Å². The van der Waals surface area contributed by atoms with E-state index in [-0.39, 0.29) is 35.2 Å². The van der Waals surface area contributed by atoms with Crippen LogP contribution in [0.25, 0.3) is 0 Å². The van der Waals surface area contributed by atoms with Gasteiger partial charge in [0.15, 0.2) is 0 Å². The average molecular weight is 636 g/mol. The molecule has 0 saturated carbocycles. The summed E-state index contributed by atoms with van der Waals surface area (Å²) in [6.45, 7) is 4.46. The van der Waals surface area contributed by atoms with Crippen LogP contribution >= 0.6 is 11.6 Å². The fourth-order valence-electron chi connectivity index (χ4n) is 4.73. The summed E-state index contributed by atoms with van der Waals surface area (Å²) < 4.78 is 44.0. The van der Waals surface area contributed by atoms with Crippen LogP contribution in [-0.4, -0.2) is 43.8 Å². The van der Waals surface area contributed by atoms with E-state index in [4.69, 9.17) is 11.6 Å². The van der Waals surface area contributed by atoms with Gasteiger partial charge in [-0.2, -0.15) is 0 Å². The zero-order valence-electron chi connectivity index (χ0n) is 24.8. The van der Waals surface area contributed by atoms with Gasteiger partial charge < -0.3 is 10.2 Å². The smallest absolute Gasteiger partial charge is 0.264 e. The monoisotopic (exact) mass is 635 g/mol. The summed E-state index contributed by atoms with van der Waals surface area (Å²) in [7, 11) is -4.26. The molecule has 1 N–H and O–H groups in total. The highest BCUT2D eigenvalue weighted by Crippen LogP contribution is 2.29. The topological polar surface area (TPSA) is 86.8 Å². The fraction of sp³-hybridized carbons (Fsp3) is 0.235. The van der Waals surface area contributed by atoms with Crippen molar-refractivity contribution in [2.24, 2.45) is 0 Å². The predicted molar refractivity (Wildman–Crippen MR) is 171 cm³/mol. The molecule has 4 aromatic rings. The Hall–Kier alpha value is -4.21. The summed E-state index contributed by atoms with van der Waals surface area (Å²) in [4.78, 5) is 29.3. The lowest BCUT2D eigenvalue weighted by Gasteiger charge is -2.34. The van der Waals surface area contributed by atoms with E-state index in [1.165, 1.54) is 41.3 Å². The maximum Gasteiger partial charge on any atom is 0.264 e. The lowest BCUT2D eigenvalue weighted by atomic mass is 10.0. The Balaban J connectivity index is 1.82. The maximum atomic E-state index is 15.0. The van der Waals surface area contributed by atoms with E-state index in [9.17, 15) is 22.4 Å². The van der Waals surface area contributed by atoms with Crippen molar-refractivity contribution < 1.29 is 22.4 Å². The molecule has 10 heteroatoms. The first-order valence-corrected chi connectivity index (χ1v) is 16.0. The average Bonchev–Trinajstić information content (AvgIpc) is 3.00. The van der Waals surface area contributed by atoms with E-state index in [1.807, 2.05) is 30.3 Å². The Morgan fingerprint density at radius 3 is 2.11 bits per heavy atom. The molecule has 0 aromatic heterocycles. The molecule has 230 valence electrons. The largest absolute Gasteiger partial charge is 0.352 e. The molecule has 0 aliphatic heterocycles. The second kappa shape index (κ2) is 14.5. The molecule has 0 radical (unpaired) electrons. The number of hydrogen-bond acceptors (Lipinski definition) is 4. The van der Waals surface area contributed by atoms with Crippen LogP contribution in [0.2, 0.25) is 5.02 Å². The van der Waals surface area contributed by atoms with Gasteiger partial charge in [-0.25, -0.2) is 12.8 Å². The van der Waals surface area contributed by atoms with Gasteiger partial charge in [-0.15, -0.1) is 0 Å². The van der Waals surface area contributed by atoms with Gasteiger partial charge >= 0.3 is 0 Å². The normalized spacial score (nSPS) is 12.0.